The Kier molecular flexibility index (Phi) is 6.82. The number of likely N-dealkylation sites (tertiary alicyclic amines) is 1. The molecule has 2 aliphatic rings. The standard InChI is InChI=1S/C29H26FNO5/c30-22-12-8-21(9-13-22)27(32)25-26(31(29(34)28(25)33)17-24-7-4-16-35-24)20-10-14-23(15-11-20)36-18-19-5-2-1-3-6-19/h1-3,5-6,8-15,24,26,32H,4,7,16-18H2/t24-,26-/m0/s1. The molecule has 5 rings (SSSR count). The third kappa shape index (κ3) is 4.88. The van der Waals surface area contributed by atoms with Crippen molar-refractivity contribution in [2.45, 2.75) is 31.6 Å². The van der Waals surface area contributed by atoms with E-state index in [1.165, 1.54) is 29.2 Å². The van der Waals surface area contributed by atoms with E-state index < -0.39 is 23.5 Å². The molecule has 2 heterocycles. The number of rotatable bonds is 7. The number of ketones is 1. The number of amides is 1. The van der Waals surface area contributed by atoms with Crippen LogP contribution in [0, 0.1) is 5.82 Å². The van der Waals surface area contributed by atoms with Gasteiger partial charge in [0.2, 0.25) is 0 Å². The first-order valence-electron chi connectivity index (χ1n) is 11.9. The summed E-state index contributed by atoms with van der Waals surface area (Å²) in [7, 11) is 0. The second-order valence-corrected chi connectivity index (χ2v) is 8.94. The van der Waals surface area contributed by atoms with E-state index in [2.05, 4.69) is 0 Å². The summed E-state index contributed by atoms with van der Waals surface area (Å²) in [6.45, 7) is 1.26. The van der Waals surface area contributed by atoms with Crippen LogP contribution < -0.4 is 4.74 Å². The van der Waals surface area contributed by atoms with E-state index >= 15 is 0 Å². The van der Waals surface area contributed by atoms with Crippen molar-refractivity contribution in [1.82, 2.24) is 4.90 Å². The molecule has 36 heavy (non-hydrogen) atoms. The van der Waals surface area contributed by atoms with Crippen LogP contribution in [0.4, 0.5) is 4.39 Å². The molecule has 0 radical (unpaired) electrons. The highest BCUT2D eigenvalue weighted by molar-refractivity contribution is 6.46. The number of Topliss-reactive ketones (excluding diaryl/α,β-unsaturated/α-hetero) is 1. The van der Waals surface area contributed by atoms with E-state index in [0.29, 0.717) is 24.5 Å². The Bertz CT molecular complexity index is 1270. The molecule has 0 aromatic heterocycles. The van der Waals surface area contributed by atoms with E-state index in [4.69, 9.17) is 9.47 Å². The summed E-state index contributed by atoms with van der Waals surface area (Å²) in [5.74, 6) is -1.63. The first-order chi connectivity index (χ1) is 17.5. The van der Waals surface area contributed by atoms with Gasteiger partial charge in [-0.25, -0.2) is 4.39 Å². The van der Waals surface area contributed by atoms with E-state index in [0.717, 1.165) is 18.4 Å². The van der Waals surface area contributed by atoms with Crippen LogP contribution in [0.3, 0.4) is 0 Å². The van der Waals surface area contributed by atoms with Gasteiger partial charge in [-0.3, -0.25) is 9.59 Å². The van der Waals surface area contributed by atoms with Crippen molar-refractivity contribution in [2.75, 3.05) is 13.2 Å². The molecular weight excluding hydrogens is 461 g/mol. The van der Waals surface area contributed by atoms with Crippen LogP contribution in [0.2, 0.25) is 0 Å². The smallest absolute Gasteiger partial charge is 0.295 e. The lowest BCUT2D eigenvalue weighted by Gasteiger charge is -2.27. The van der Waals surface area contributed by atoms with Crippen LogP contribution in [0.5, 0.6) is 5.75 Å². The van der Waals surface area contributed by atoms with E-state index in [-0.39, 0.29) is 29.5 Å². The predicted molar refractivity (Wildman–Crippen MR) is 132 cm³/mol. The first kappa shape index (κ1) is 23.8. The predicted octanol–water partition coefficient (Wildman–Crippen LogP) is 5.01. The maximum absolute atomic E-state index is 13.5. The van der Waals surface area contributed by atoms with Crippen molar-refractivity contribution in [3.63, 3.8) is 0 Å². The van der Waals surface area contributed by atoms with E-state index in [9.17, 15) is 19.1 Å². The van der Waals surface area contributed by atoms with Crippen LogP contribution in [0.25, 0.3) is 5.76 Å². The fourth-order valence-corrected chi connectivity index (χ4v) is 4.67. The quantitative estimate of drug-likeness (QED) is 0.288. The second kappa shape index (κ2) is 10.3. The first-order valence-corrected chi connectivity index (χ1v) is 11.9. The van der Waals surface area contributed by atoms with Crippen molar-refractivity contribution in [3.8, 4) is 5.75 Å². The lowest BCUT2D eigenvalue weighted by atomic mass is 9.95. The number of aliphatic hydroxyl groups excluding tert-OH is 1. The van der Waals surface area contributed by atoms with Crippen molar-refractivity contribution < 1.29 is 28.6 Å². The molecule has 1 N–H and O–H groups in total. The minimum atomic E-state index is -0.803. The molecule has 0 bridgehead atoms. The largest absolute Gasteiger partial charge is 0.507 e. The maximum Gasteiger partial charge on any atom is 0.295 e. The summed E-state index contributed by atoms with van der Waals surface area (Å²) in [6.07, 6.45) is 1.51. The van der Waals surface area contributed by atoms with E-state index in [1.807, 2.05) is 30.3 Å². The molecule has 2 saturated heterocycles. The zero-order valence-electron chi connectivity index (χ0n) is 19.6. The summed E-state index contributed by atoms with van der Waals surface area (Å²) in [5, 5.41) is 11.1. The minimum absolute atomic E-state index is 0.0254. The van der Waals surface area contributed by atoms with Gasteiger partial charge in [-0.05, 0) is 60.4 Å². The van der Waals surface area contributed by atoms with Gasteiger partial charge in [0.15, 0.2) is 0 Å². The molecule has 2 fully saturated rings. The molecule has 0 unspecified atom stereocenters. The summed E-state index contributed by atoms with van der Waals surface area (Å²) < 4.78 is 25.1. The zero-order chi connectivity index (χ0) is 25.1. The number of nitrogens with zero attached hydrogens (tertiary/aromatic N) is 1. The fourth-order valence-electron chi connectivity index (χ4n) is 4.67. The summed E-state index contributed by atoms with van der Waals surface area (Å²) in [5.41, 5.74) is 1.93. The highest BCUT2D eigenvalue weighted by atomic mass is 19.1. The number of halogens is 1. The molecule has 0 aliphatic carbocycles. The molecule has 3 aromatic rings. The van der Waals surface area contributed by atoms with Crippen LogP contribution in [0.15, 0.2) is 84.4 Å². The van der Waals surface area contributed by atoms with Crippen molar-refractivity contribution >= 4 is 17.4 Å². The minimum Gasteiger partial charge on any atom is -0.507 e. The molecule has 6 nitrogen and oxygen atoms in total. The Morgan fingerprint density at radius 3 is 2.39 bits per heavy atom. The second-order valence-electron chi connectivity index (χ2n) is 8.94. The highest BCUT2D eigenvalue weighted by Gasteiger charge is 2.47. The Hall–Kier alpha value is -3.97. The third-order valence-electron chi connectivity index (χ3n) is 6.53. The molecule has 2 atom stereocenters. The van der Waals surface area contributed by atoms with Crippen LogP contribution in [0.1, 0.15) is 35.6 Å². The van der Waals surface area contributed by atoms with Crippen LogP contribution >= 0.6 is 0 Å². The van der Waals surface area contributed by atoms with Crippen LogP contribution in [-0.2, 0) is 20.9 Å². The maximum atomic E-state index is 13.5. The average molecular weight is 488 g/mol. The molecule has 184 valence electrons. The van der Waals surface area contributed by atoms with Gasteiger partial charge in [0.25, 0.3) is 11.7 Å². The average Bonchev–Trinajstić information content (AvgIpc) is 3.51. The fraction of sp³-hybridized carbons (Fsp3) is 0.241. The highest BCUT2D eigenvalue weighted by Crippen LogP contribution is 2.40. The van der Waals surface area contributed by atoms with E-state index in [1.54, 1.807) is 24.3 Å². The van der Waals surface area contributed by atoms with Gasteiger partial charge in [-0.1, -0.05) is 42.5 Å². The summed E-state index contributed by atoms with van der Waals surface area (Å²) >= 11 is 0. The molecule has 0 spiro atoms. The number of ether oxygens (including phenoxy) is 2. The monoisotopic (exact) mass is 487 g/mol. The molecule has 3 aromatic carbocycles. The lowest BCUT2D eigenvalue weighted by Crippen LogP contribution is -2.36. The summed E-state index contributed by atoms with van der Waals surface area (Å²) in [4.78, 5) is 27.7. The van der Waals surface area contributed by atoms with Gasteiger partial charge in [-0.15, -0.1) is 0 Å². The van der Waals surface area contributed by atoms with Crippen LogP contribution in [-0.4, -0.2) is 41.0 Å². The number of carbonyl (C=O) groups excluding carboxylic acids is 2. The van der Waals surface area contributed by atoms with Gasteiger partial charge in [0, 0.05) is 18.7 Å². The molecular formula is C29H26FNO5. The Morgan fingerprint density at radius 2 is 1.72 bits per heavy atom. The van der Waals surface area contributed by atoms with Gasteiger partial charge in [0.1, 0.15) is 23.9 Å². The van der Waals surface area contributed by atoms with Crippen molar-refractivity contribution in [2.24, 2.45) is 0 Å². The molecule has 1 amide bonds. The van der Waals surface area contributed by atoms with Gasteiger partial charge >= 0.3 is 0 Å². The Labute approximate surface area is 208 Å². The van der Waals surface area contributed by atoms with Crippen molar-refractivity contribution in [3.05, 3.63) is 107 Å². The number of hydrogen-bond donors (Lipinski definition) is 1. The van der Waals surface area contributed by atoms with Gasteiger partial charge in [-0.2, -0.15) is 0 Å². The number of hydrogen-bond acceptors (Lipinski definition) is 5. The number of aliphatic hydroxyl groups is 1. The molecule has 0 saturated carbocycles. The molecule has 2 aliphatic heterocycles. The number of carbonyl (C=O) groups is 2. The Morgan fingerprint density at radius 1 is 1.00 bits per heavy atom. The van der Waals surface area contributed by atoms with Crippen molar-refractivity contribution in [1.29, 1.82) is 0 Å². The number of benzene rings is 3. The zero-order valence-corrected chi connectivity index (χ0v) is 19.6. The van der Waals surface area contributed by atoms with Gasteiger partial charge < -0.3 is 19.5 Å². The third-order valence-corrected chi connectivity index (χ3v) is 6.53. The lowest BCUT2D eigenvalue weighted by molar-refractivity contribution is -0.140. The normalized spacial score (nSPS) is 21.2. The topological polar surface area (TPSA) is 76.1 Å². The SMILES string of the molecule is O=C1C(=O)N(C[C@@H]2CCCO2)[C@@H](c2ccc(OCc3ccccc3)cc2)C1=C(O)c1ccc(F)cc1. The Balaban J connectivity index is 1.48. The molecule has 7 heteroatoms. The summed E-state index contributed by atoms with van der Waals surface area (Å²) in [6, 6.07) is 21.3. The van der Waals surface area contributed by atoms with Gasteiger partial charge in [0.05, 0.1) is 17.7 Å².